The van der Waals surface area contributed by atoms with Crippen LogP contribution >= 0.6 is 0 Å². The number of ether oxygens (including phenoxy) is 2. The summed E-state index contributed by atoms with van der Waals surface area (Å²) < 4.78 is 12.0. The van der Waals surface area contributed by atoms with Crippen LogP contribution in [0.3, 0.4) is 0 Å². The molecule has 1 aliphatic rings. The summed E-state index contributed by atoms with van der Waals surface area (Å²) in [6.45, 7) is 14.0. The molecule has 0 spiro atoms. The van der Waals surface area contributed by atoms with Gasteiger partial charge in [0.2, 0.25) is 0 Å². The highest BCUT2D eigenvalue weighted by molar-refractivity contribution is 5.66. The van der Waals surface area contributed by atoms with Crippen molar-refractivity contribution in [1.82, 2.24) is 0 Å². The molecule has 1 aromatic carbocycles. The van der Waals surface area contributed by atoms with Gasteiger partial charge in [-0.3, -0.25) is 4.79 Å². The predicted molar refractivity (Wildman–Crippen MR) is 118 cm³/mol. The molecule has 1 heterocycles. The van der Waals surface area contributed by atoms with Crippen molar-refractivity contribution in [2.24, 2.45) is 0 Å². The number of aliphatic hydroxyl groups is 1. The number of unbranched alkanes of at least 4 members (excludes halogenated alkanes) is 3. The lowest BCUT2D eigenvalue weighted by molar-refractivity contribution is -0.162. The average molecular weight is 405 g/mol. The highest BCUT2D eigenvalue weighted by Gasteiger charge is 2.46. The number of rotatable bonds is 9. The van der Waals surface area contributed by atoms with Crippen LogP contribution in [0.2, 0.25) is 0 Å². The standard InChI is InChI=1S/C25H40O4/c1-8-9-10-11-14-24(4,5)19-12-13-20-21(15-17(2)26)23(28-18(3)27)25(6,7)29-22(20)16-19/h12-13,16-17,21,23,26H,8-11,14-15H2,1-7H3. The molecule has 0 aliphatic carbocycles. The molecule has 1 aliphatic heterocycles. The summed E-state index contributed by atoms with van der Waals surface area (Å²) >= 11 is 0. The summed E-state index contributed by atoms with van der Waals surface area (Å²) in [5.74, 6) is 0.429. The Kier molecular flexibility index (Phi) is 7.78. The second-order valence-corrected chi connectivity index (χ2v) is 9.87. The molecule has 0 bridgehead atoms. The van der Waals surface area contributed by atoms with Gasteiger partial charge in [-0.2, -0.15) is 0 Å². The van der Waals surface area contributed by atoms with Crippen LogP contribution in [0.15, 0.2) is 18.2 Å². The van der Waals surface area contributed by atoms with E-state index in [0.717, 1.165) is 17.7 Å². The smallest absolute Gasteiger partial charge is 0.303 e. The Labute approximate surface area is 177 Å². The molecule has 3 atom stereocenters. The maximum absolute atomic E-state index is 11.7. The minimum Gasteiger partial charge on any atom is -0.484 e. The molecule has 1 N–H and O–H groups in total. The van der Waals surface area contributed by atoms with Gasteiger partial charge in [-0.25, -0.2) is 0 Å². The fourth-order valence-electron chi connectivity index (χ4n) is 4.50. The molecule has 0 saturated carbocycles. The molecule has 0 aromatic heterocycles. The zero-order valence-electron chi connectivity index (χ0n) is 19.4. The largest absolute Gasteiger partial charge is 0.484 e. The third-order valence-corrected chi connectivity index (χ3v) is 6.16. The van der Waals surface area contributed by atoms with Gasteiger partial charge in [-0.15, -0.1) is 0 Å². The van der Waals surface area contributed by atoms with Crippen LogP contribution in [0.5, 0.6) is 5.75 Å². The first-order valence-electron chi connectivity index (χ1n) is 11.2. The zero-order valence-corrected chi connectivity index (χ0v) is 19.4. The van der Waals surface area contributed by atoms with Crippen molar-refractivity contribution in [3.05, 3.63) is 29.3 Å². The topological polar surface area (TPSA) is 55.8 Å². The molecule has 164 valence electrons. The lowest BCUT2D eigenvalue weighted by atomic mass is 9.75. The highest BCUT2D eigenvalue weighted by atomic mass is 16.6. The van der Waals surface area contributed by atoms with Crippen LogP contribution in [0.4, 0.5) is 0 Å². The van der Waals surface area contributed by atoms with Crippen molar-refractivity contribution < 1.29 is 19.4 Å². The van der Waals surface area contributed by atoms with E-state index in [0.29, 0.717) is 6.42 Å². The van der Waals surface area contributed by atoms with E-state index < -0.39 is 17.8 Å². The maximum atomic E-state index is 11.7. The summed E-state index contributed by atoms with van der Waals surface area (Å²) in [5.41, 5.74) is 1.69. The second kappa shape index (κ2) is 9.51. The van der Waals surface area contributed by atoms with Crippen LogP contribution in [0, 0.1) is 0 Å². The highest BCUT2D eigenvalue weighted by Crippen LogP contribution is 2.46. The lowest BCUT2D eigenvalue weighted by Gasteiger charge is -2.45. The van der Waals surface area contributed by atoms with E-state index >= 15 is 0 Å². The number of fused-ring (bicyclic) bond motifs is 1. The van der Waals surface area contributed by atoms with E-state index in [1.807, 2.05) is 13.8 Å². The minimum atomic E-state index is -0.665. The van der Waals surface area contributed by atoms with E-state index in [1.54, 1.807) is 6.92 Å². The van der Waals surface area contributed by atoms with Gasteiger partial charge < -0.3 is 14.6 Å². The van der Waals surface area contributed by atoms with Gasteiger partial charge in [0.15, 0.2) is 0 Å². The molecule has 1 aromatic rings. The maximum Gasteiger partial charge on any atom is 0.303 e. The number of benzene rings is 1. The number of hydrogen-bond acceptors (Lipinski definition) is 4. The summed E-state index contributed by atoms with van der Waals surface area (Å²) in [5, 5.41) is 10.1. The van der Waals surface area contributed by atoms with Crippen molar-refractivity contribution in [2.75, 3.05) is 0 Å². The van der Waals surface area contributed by atoms with Gasteiger partial charge in [-0.1, -0.05) is 58.6 Å². The molecule has 0 amide bonds. The Morgan fingerprint density at radius 2 is 1.97 bits per heavy atom. The molecule has 29 heavy (non-hydrogen) atoms. The average Bonchev–Trinajstić information content (AvgIpc) is 2.60. The Hall–Kier alpha value is -1.55. The molecule has 0 radical (unpaired) electrons. The quantitative estimate of drug-likeness (QED) is 0.412. The fourth-order valence-corrected chi connectivity index (χ4v) is 4.50. The molecule has 4 nitrogen and oxygen atoms in total. The van der Waals surface area contributed by atoms with Crippen molar-refractivity contribution in [1.29, 1.82) is 0 Å². The molecule has 2 rings (SSSR count). The summed E-state index contributed by atoms with van der Waals surface area (Å²) in [6, 6.07) is 6.45. The second-order valence-electron chi connectivity index (χ2n) is 9.87. The summed E-state index contributed by atoms with van der Waals surface area (Å²) in [7, 11) is 0. The number of esters is 1. The van der Waals surface area contributed by atoms with Crippen LogP contribution in [0.25, 0.3) is 0 Å². The van der Waals surface area contributed by atoms with Crippen LogP contribution < -0.4 is 4.74 Å². The van der Waals surface area contributed by atoms with Gasteiger partial charge in [0.1, 0.15) is 17.5 Å². The van der Waals surface area contributed by atoms with Crippen molar-refractivity contribution >= 4 is 5.97 Å². The third-order valence-electron chi connectivity index (χ3n) is 6.16. The van der Waals surface area contributed by atoms with Crippen LogP contribution in [0.1, 0.15) is 104 Å². The lowest BCUT2D eigenvalue weighted by Crippen LogP contribution is -2.51. The monoisotopic (exact) mass is 404 g/mol. The first-order chi connectivity index (χ1) is 13.5. The number of hydrogen-bond donors (Lipinski definition) is 1. The Bertz CT molecular complexity index is 690. The van der Waals surface area contributed by atoms with Crippen LogP contribution in [-0.4, -0.2) is 28.9 Å². The Morgan fingerprint density at radius 3 is 2.55 bits per heavy atom. The first kappa shape index (κ1) is 23.7. The number of carbonyl (C=O) groups is 1. The molecular formula is C25H40O4. The minimum absolute atomic E-state index is 0.0722. The van der Waals surface area contributed by atoms with Gasteiger partial charge in [-0.05, 0) is 50.7 Å². The molecule has 0 saturated heterocycles. The fraction of sp³-hybridized carbons (Fsp3) is 0.720. The normalized spacial score (nSPS) is 21.8. The molecule has 0 fully saturated rings. The predicted octanol–water partition coefficient (Wildman–Crippen LogP) is 5.89. The van der Waals surface area contributed by atoms with E-state index in [4.69, 9.17) is 9.47 Å². The summed E-state index contributed by atoms with van der Waals surface area (Å²) in [4.78, 5) is 11.7. The number of carbonyl (C=O) groups excluding carboxylic acids is 1. The van der Waals surface area contributed by atoms with Gasteiger partial charge in [0.05, 0.1) is 6.10 Å². The SMILES string of the molecule is CCCCCCC(C)(C)c1ccc2c(c1)OC(C)(C)C(OC(C)=O)C2CC(C)O. The summed E-state index contributed by atoms with van der Waals surface area (Å²) in [6.07, 6.45) is 5.77. The van der Waals surface area contributed by atoms with Crippen molar-refractivity contribution in [3.8, 4) is 5.75 Å². The van der Waals surface area contributed by atoms with Gasteiger partial charge >= 0.3 is 5.97 Å². The zero-order chi connectivity index (χ0) is 21.8. The van der Waals surface area contributed by atoms with Crippen LogP contribution in [-0.2, 0) is 14.9 Å². The molecule has 4 heteroatoms. The van der Waals surface area contributed by atoms with Crippen molar-refractivity contribution in [2.45, 2.75) is 116 Å². The molecular weight excluding hydrogens is 364 g/mol. The first-order valence-corrected chi connectivity index (χ1v) is 11.2. The van der Waals surface area contributed by atoms with Crippen molar-refractivity contribution in [3.63, 3.8) is 0 Å². The van der Waals surface area contributed by atoms with E-state index in [-0.39, 0.29) is 17.3 Å². The molecule has 3 unspecified atom stereocenters. The Morgan fingerprint density at radius 1 is 1.28 bits per heavy atom. The van der Waals surface area contributed by atoms with Gasteiger partial charge in [0.25, 0.3) is 0 Å². The van der Waals surface area contributed by atoms with E-state index in [1.165, 1.54) is 38.2 Å². The number of aliphatic hydroxyl groups excluding tert-OH is 1. The van der Waals surface area contributed by atoms with Gasteiger partial charge in [0, 0.05) is 18.4 Å². The van der Waals surface area contributed by atoms with E-state index in [2.05, 4.69) is 39.0 Å². The third kappa shape index (κ3) is 5.97. The van der Waals surface area contributed by atoms with E-state index in [9.17, 15) is 9.90 Å². The Balaban J connectivity index is 2.36.